The van der Waals surface area contributed by atoms with Gasteiger partial charge in [0.1, 0.15) is 11.5 Å². The first-order chi connectivity index (χ1) is 13.1. The summed E-state index contributed by atoms with van der Waals surface area (Å²) in [7, 11) is 0. The number of hydrogen-bond acceptors (Lipinski definition) is 6. The SMILES string of the molecule is CC(=O)NCc1ccc(-c2csc(NC(=O)c3cc4ccccc4s3)n2)o1. The third-order valence-corrected chi connectivity index (χ3v) is 5.67. The summed E-state index contributed by atoms with van der Waals surface area (Å²) in [6.07, 6.45) is 0. The second-order valence-electron chi connectivity index (χ2n) is 5.82. The van der Waals surface area contributed by atoms with Gasteiger partial charge in [0.15, 0.2) is 10.9 Å². The summed E-state index contributed by atoms with van der Waals surface area (Å²) in [5.74, 6) is 0.939. The molecule has 0 aliphatic rings. The molecule has 0 radical (unpaired) electrons. The molecule has 2 amide bonds. The van der Waals surface area contributed by atoms with E-state index in [2.05, 4.69) is 15.6 Å². The number of furan rings is 1. The van der Waals surface area contributed by atoms with Crippen molar-refractivity contribution in [3.8, 4) is 11.5 Å². The van der Waals surface area contributed by atoms with Crippen LogP contribution < -0.4 is 10.6 Å². The highest BCUT2D eigenvalue weighted by Crippen LogP contribution is 2.29. The first-order valence-corrected chi connectivity index (χ1v) is 9.87. The monoisotopic (exact) mass is 397 g/mol. The van der Waals surface area contributed by atoms with Gasteiger partial charge in [-0.15, -0.1) is 22.7 Å². The van der Waals surface area contributed by atoms with E-state index in [-0.39, 0.29) is 11.8 Å². The number of carbonyl (C=O) groups excluding carboxylic acids is 2. The standard InChI is InChI=1S/C19H15N3O3S2/c1-11(23)20-9-13-6-7-15(25-13)14-10-26-19(21-14)22-18(24)17-8-12-4-2-3-5-16(12)27-17/h2-8,10H,9H2,1H3,(H,20,23)(H,21,22,24). The summed E-state index contributed by atoms with van der Waals surface area (Å²) < 4.78 is 6.76. The van der Waals surface area contributed by atoms with Crippen LogP contribution in [0, 0.1) is 0 Å². The van der Waals surface area contributed by atoms with E-state index in [1.165, 1.54) is 29.6 Å². The maximum atomic E-state index is 12.5. The van der Waals surface area contributed by atoms with Crippen molar-refractivity contribution in [3.05, 3.63) is 58.5 Å². The Bertz CT molecular complexity index is 1090. The minimum atomic E-state index is -0.178. The number of hydrogen-bond donors (Lipinski definition) is 2. The number of aromatic nitrogens is 1. The maximum absolute atomic E-state index is 12.5. The van der Waals surface area contributed by atoms with Gasteiger partial charge < -0.3 is 9.73 Å². The van der Waals surface area contributed by atoms with Gasteiger partial charge in [0.2, 0.25) is 5.91 Å². The number of nitrogens with zero attached hydrogens (tertiary/aromatic N) is 1. The van der Waals surface area contributed by atoms with Crippen LogP contribution in [0.25, 0.3) is 21.5 Å². The molecule has 0 aliphatic carbocycles. The van der Waals surface area contributed by atoms with Crippen LogP contribution in [0.15, 0.2) is 52.3 Å². The molecule has 136 valence electrons. The molecule has 1 aromatic carbocycles. The third-order valence-electron chi connectivity index (χ3n) is 3.80. The minimum Gasteiger partial charge on any atom is -0.458 e. The molecule has 0 aliphatic heterocycles. The Morgan fingerprint density at radius 2 is 2.04 bits per heavy atom. The van der Waals surface area contributed by atoms with E-state index in [4.69, 9.17) is 4.42 Å². The molecule has 2 N–H and O–H groups in total. The number of thiazole rings is 1. The Labute approximate surface area is 162 Å². The zero-order chi connectivity index (χ0) is 18.8. The molecule has 4 aromatic rings. The predicted molar refractivity (Wildman–Crippen MR) is 107 cm³/mol. The van der Waals surface area contributed by atoms with Gasteiger partial charge in [0.25, 0.3) is 5.91 Å². The van der Waals surface area contributed by atoms with Crippen molar-refractivity contribution < 1.29 is 14.0 Å². The number of amides is 2. The van der Waals surface area contributed by atoms with Gasteiger partial charge in [-0.05, 0) is 29.7 Å². The molecule has 3 heterocycles. The number of nitrogens with one attached hydrogen (secondary N) is 2. The zero-order valence-electron chi connectivity index (χ0n) is 14.3. The lowest BCUT2D eigenvalue weighted by atomic mass is 10.2. The number of fused-ring (bicyclic) bond motifs is 1. The van der Waals surface area contributed by atoms with Gasteiger partial charge in [-0.2, -0.15) is 0 Å². The van der Waals surface area contributed by atoms with Gasteiger partial charge in [0.05, 0.1) is 11.4 Å². The van der Waals surface area contributed by atoms with Crippen LogP contribution in [0.4, 0.5) is 5.13 Å². The van der Waals surface area contributed by atoms with E-state index in [0.717, 1.165) is 10.1 Å². The van der Waals surface area contributed by atoms with E-state index in [1.807, 2.05) is 35.7 Å². The lowest BCUT2D eigenvalue weighted by Gasteiger charge is -1.98. The lowest BCUT2D eigenvalue weighted by molar-refractivity contribution is -0.119. The zero-order valence-corrected chi connectivity index (χ0v) is 15.9. The first kappa shape index (κ1) is 17.4. The second-order valence-corrected chi connectivity index (χ2v) is 7.76. The van der Waals surface area contributed by atoms with E-state index >= 15 is 0 Å². The highest BCUT2D eigenvalue weighted by atomic mass is 32.1. The fourth-order valence-corrected chi connectivity index (χ4v) is 4.17. The highest BCUT2D eigenvalue weighted by molar-refractivity contribution is 7.21. The third kappa shape index (κ3) is 3.91. The fourth-order valence-electron chi connectivity index (χ4n) is 2.52. The minimum absolute atomic E-state index is 0.118. The normalized spacial score (nSPS) is 10.9. The lowest BCUT2D eigenvalue weighted by Crippen LogP contribution is -2.18. The topological polar surface area (TPSA) is 84.2 Å². The number of anilines is 1. The van der Waals surface area contributed by atoms with Crippen molar-refractivity contribution in [1.29, 1.82) is 0 Å². The molecule has 0 spiro atoms. The van der Waals surface area contributed by atoms with Gasteiger partial charge >= 0.3 is 0 Å². The Balaban J connectivity index is 1.46. The van der Waals surface area contributed by atoms with Crippen LogP contribution in [-0.4, -0.2) is 16.8 Å². The molecule has 4 rings (SSSR count). The molecule has 3 aromatic heterocycles. The molecule has 0 saturated heterocycles. The molecule has 6 nitrogen and oxygen atoms in total. The summed E-state index contributed by atoms with van der Waals surface area (Å²) >= 11 is 2.78. The van der Waals surface area contributed by atoms with E-state index < -0.39 is 0 Å². The molecule has 0 atom stereocenters. The first-order valence-electron chi connectivity index (χ1n) is 8.17. The number of rotatable bonds is 5. The van der Waals surface area contributed by atoms with Crippen molar-refractivity contribution in [2.45, 2.75) is 13.5 Å². The largest absolute Gasteiger partial charge is 0.458 e. The Morgan fingerprint density at radius 3 is 2.85 bits per heavy atom. The average molecular weight is 397 g/mol. The van der Waals surface area contributed by atoms with Gasteiger partial charge in [-0.3, -0.25) is 14.9 Å². The Kier molecular flexibility index (Phi) is 4.74. The van der Waals surface area contributed by atoms with E-state index in [1.54, 1.807) is 12.1 Å². The predicted octanol–water partition coefficient (Wildman–Crippen LogP) is 4.51. The average Bonchev–Trinajstić information content (AvgIpc) is 3.38. The van der Waals surface area contributed by atoms with Crippen molar-refractivity contribution in [2.24, 2.45) is 0 Å². The molecule has 0 bridgehead atoms. The van der Waals surface area contributed by atoms with Crippen LogP contribution in [0.1, 0.15) is 22.4 Å². The molecular formula is C19H15N3O3S2. The second kappa shape index (κ2) is 7.34. The number of benzene rings is 1. The molecule has 27 heavy (non-hydrogen) atoms. The summed E-state index contributed by atoms with van der Waals surface area (Å²) in [5.41, 5.74) is 0.640. The van der Waals surface area contributed by atoms with Crippen LogP contribution >= 0.6 is 22.7 Å². The van der Waals surface area contributed by atoms with Crippen molar-refractivity contribution >= 4 is 49.7 Å². The molecule has 0 saturated carbocycles. The smallest absolute Gasteiger partial charge is 0.267 e. The number of thiophene rings is 1. The summed E-state index contributed by atoms with van der Waals surface area (Å²) in [6.45, 7) is 1.78. The Morgan fingerprint density at radius 1 is 1.19 bits per heavy atom. The molecule has 0 fully saturated rings. The quantitative estimate of drug-likeness (QED) is 0.519. The van der Waals surface area contributed by atoms with Crippen LogP contribution in [0.3, 0.4) is 0 Å². The summed E-state index contributed by atoms with van der Waals surface area (Å²) in [4.78, 5) is 28.5. The van der Waals surface area contributed by atoms with Crippen LogP contribution in [0.2, 0.25) is 0 Å². The van der Waals surface area contributed by atoms with Gasteiger partial charge in [-0.25, -0.2) is 4.98 Å². The maximum Gasteiger partial charge on any atom is 0.267 e. The Hall–Kier alpha value is -2.97. The van der Waals surface area contributed by atoms with Gasteiger partial charge in [0, 0.05) is 17.0 Å². The van der Waals surface area contributed by atoms with Gasteiger partial charge in [-0.1, -0.05) is 18.2 Å². The van der Waals surface area contributed by atoms with E-state index in [9.17, 15) is 9.59 Å². The summed E-state index contributed by atoms with van der Waals surface area (Å²) in [5, 5.41) is 8.90. The van der Waals surface area contributed by atoms with Crippen molar-refractivity contribution in [1.82, 2.24) is 10.3 Å². The van der Waals surface area contributed by atoms with E-state index in [0.29, 0.717) is 33.8 Å². The van der Waals surface area contributed by atoms with Crippen molar-refractivity contribution in [3.63, 3.8) is 0 Å². The van der Waals surface area contributed by atoms with Crippen LogP contribution in [0.5, 0.6) is 0 Å². The highest BCUT2D eigenvalue weighted by Gasteiger charge is 2.14. The molecule has 8 heteroatoms. The van der Waals surface area contributed by atoms with Crippen LogP contribution in [-0.2, 0) is 11.3 Å². The van der Waals surface area contributed by atoms with Crippen molar-refractivity contribution in [2.75, 3.05) is 5.32 Å². The number of carbonyl (C=O) groups is 2. The summed E-state index contributed by atoms with van der Waals surface area (Å²) in [6, 6.07) is 13.4. The molecular weight excluding hydrogens is 382 g/mol. The molecule has 0 unspecified atom stereocenters. The fraction of sp³-hybridized carbons (Fsp3) is 0.105.